The molecule has 1 aliphatic carbocycles. The van der Waals surface area contributed by atoms with Crippen LogP contribution in [0.25, 0.3) is 0 Å². The van der Waals surface area contributed by atoms with Crippen molar-refractivity contribution in [3.63, 3.8) is 0 Å². The molecular formula is C3H5ClO2S. The lowest BCUT2D eigenvalue weighted by Crippen LogP contribution is -1.93. The summed E-state index contributed by atoms with van der Waals surface area (Å²) in [5.74, 6) is 0. The van der Waals surface area contributed by atoms with Crippen LogP contribution >= 0.6 is 10.7 Å². The molecule has 0 unspecified atom stereocenters. The van der Waals surface area contributed by atoms with E-state index in [9.17, 15) is 8.42 Å². The van der Waals surface area contributed by atoms with Crippen molar-refractivity contribution >= 4 is 19.7 Å². The van der Waals surface area contributed by atoms with E-state index in [0.29, 0.717) is 12.8 Å². The molecule has 0 heterocycles. The second-order valence-electron chi connectivity index (χ2n) is 1.48. The smallest absolute Gasteiger partial charge is 0.212 e. The minimum atomic E-state index is -3.59. The maximum atomic E-state index is 10.3. The molecule has 4 heteroatoms. The molecule has 0 bridgehead atoms. The Morgan fingerprint density at radius 3 is 2.14 bits per heavy atom. The molecule has 0 spiro atoms. The lowest BCUT2D eigenvalue weighted by atomic mass is 11.0. The summed E-state index contributed by atoms with van der Waals surface area (Å²) in [5.41, 5.74) is 0. The van der Waals surface area contributed by atoms with Crippen molar-refractivity contribution in [2.24, 2.45) is 0 Å². The standard InChI is InChI=1S/C3H5ClO2S/c4-7(5,6)3-1-2-3/h3H,1-2H2/i3D. The summed E-state index contributed by atoms with van der Waals surface area (Å²) in [6.45, 7) is 0. The van der Waals surface area contributed by atoms with E-state index in [2.05, 4.69) is 0 Å². The molecule has 0 aromatic rings. The van der Waals surface area contributed by atoms with Gasteiger partial charge in [0.2, 0.25) is 9.05 Å². The number of halogens is 1. The summed E-state index contributed by atoms with van der Waals surface area (Å²) in [5, 5.41) is -1.32. The molecule has 0 N–H and O–H groups in total. The van der Waals surface area contributed by atoms with Crippen LogP contribution < -0.4 is 0 Å². The molecule has 1 saturated carbocycles. The van der Waals surface area contributed by atoms with Gasteiger partial charge >= 0.3 is 0 Å². The predicted molar refractivity (Wildman–Crippen MR) is 27.8 cm³/mol. The van der Waals surface area contributed by atoms with Gasteiger partial charge in [0.25, 0.3) is 0 Å². The second kappa shape index (κ2) is 1.36. The quantitative estimate of drug-likeness (QED) is 0.505. The molecule has 42 valence electrons. The van der Waals surface area contributed by atoms with Crippen LogP contribution in [0.3, 0.4) is 0 Å². The van der Waals surface area contributed by atoms with Crippen molar-refractivity contribution in [3.05, 3.63) is 0 Å². The van der Waals surface area contributed by atoms with Gasteiger partial charge in [0, 0.05) is 12.1 Å². The Bertz CT molecular complexity index is 193. The third-order valence-electron chi connectivity index (χ3n) is 0.799. The molecule has 1 aliphatic rings. The van der Waals surface area contributed by atoms with Crippen LogP contribution in [-0.2, 0) is 9.05 Å². The molecule has 0 aromatic carbocycles. The average Bonchev–Trinajstić information content (AvgIpc) is 2.16. The lowest BCUT2D eigenvalue weighted by molar-refractivity contribution is 0.608. The predicted octanol–water partition coefficient (Wildman–Crippen LogP) is 0.717. The fourth-order valence-electron chi connectivity index (χ4n) is 0.295. The normalized spacial score (nSPS) is 29.0. The first-order valence-corrected chi connectivity index (χ1v) is 4.21. The Hall–Kier alpha value is 0.240. The zero-order chi connectivity index (χ0) is 6.41. The minimum absolute atomic E-state index is 0.388. The summed E-state index contributed by atoms with van der Waals surface area (Å²) in [6.07, 6.45) is 0.775. The van der Waals surface area contributed by atoms with Crippen molar-refractivity contribution in [2.45, 2.75) is 18.1 Å². The number of hydrogen-bond acceptors (Lipinski definition) is 2. The van der Waals surface area contributed by atoms with Gasteiger partial charge in [0.15, 0.2) is 0 Å². The third kappa shape index (κ3) is 1.31. The monoisotopic (exact) mass is 141 g/mol. The van der Waals surface area contributed by atoms with Crippen molar-refractivity contribution in [1.29, 1.82) is 0 Å². The maximum Gasteiger partial charge on any atom is 0.235 e. The molecule has 1 rings (SSSR count). The molecule has 0 atom stereocenters. The van der Waals surface area contributed by atoms with E-state index in [-0.39, 0.29) is 0 Å². The van der Waals surface area contributed by atoms with Crippen molar-refractivity contribution in [1.82, 2.24) is 0 Å². The van der Waals surface area contributed by atoms with Crippen LogP contribution in [0.4, 0.5) is 0 Å². The highest BCUT2D eigenvalue weighted by molar-refractivity contribution is 8.14. The molecule has 0 aromatic heterocycles. The Morgan fingerprint density at radius 2 is 2.14 bits per heavy atom. The average molecular weight is 142 g/mol. The Labute approximate surface area is 48.3 Å². The van der Waals surface area contributed by atoms with Gasteiger partial charge in [-0.2, -0.15) is 0 Å². The molecule has 7 heavy (non-hydrogen) atoms. The molecular weight excluding hydrogens is 136 g/mol. The molecule has 1 fully saturated rings. The van der Waals surface area contributed by atoms with E-state index in [0.717, 1.165) is 0 Å². The molecule has 2 nitrogen and oxygen atoms in total. The first-order chi connectivity index (χ1) is 3.46. The van der Waals surface area contributed by atoms with Crippen LogP contribution in [0.5, 0.6) is 0 Å². The zero-order valence-corrected chi connectivity index (χ0v) is 5.09. The Balaban J connectivity index is 2.90. The van der Waals surface area contributed by atoms with Crippen LogP contribution in [0.1, 0.15) is 14.2 Å². The number of hydrogen-bond donors (Lipinski definition) is 0. The summed E-state index contributed by atoms with van der Waals surface area (Å²) in [4.78, 5) is 0. The van der Waals surface area contributed by atoms with Gasteiger partial charge in [-0.25, -0.2) is 8.42 Å². The van der Waals surface area contributed by atoms with Gasteiger partial charge in [0.1, 0.15) is 0 Å². The second-order valence-corrected chi connectivity index (χ2v) is 4.15. The van der Waals surface area contributed by atoms with Crippen LogP contribution in [-0.4, -0.2) is 13.6 Å². The van der Waals surface area contributed by atoms with E-state index in [1.165, 1.54) is 0 Å². The SMILES string of the molecule is [2H]C1(S(=O)(=O)Cl)CC1. The highest BCUT2D eigenvalue weighted by atomic mass is 35.7. The largest absolute Gasteiger partial charge is 0.235 e. The maximum absolute atomic E-state index is 10.3. The van der Waals surface area contributed by atoms with Crippen LogP contribution in [0.2, 0.25) is 0 Å². The van der Waals surface area contributed by atoms with Gasteiger partial charge in [0.05, 0.1) is 5.23 Å². The summed E-state index contributed by atoms with van der Waals surface area (Å²) < 4.78 is 27.6. The van der Waals surface area contributed by atoms with Crippen molar-refractivity contribution in [2.75, 3.05) is 0 Å². The van der Waals surface area contributed by atoms with Gasteiger partial charge in [-0.15, -0.1) is 0 Å². The van der Waals surface area contributed by atoms with Gasteiger partial charge in [-0.1, -0.05) is 0 Å². The van der Waals surface area contributed by atoms with E-state index in [4.69, 9.17) is 12.1 Å². The van der Waals surface area contributed by atoms with E-state index < -0.39 is 14.3 Å². The van der Waals surface area contributed by atoms with Crippen molar-refractivity contribution < 1.29 is 9.79 Å². The lowest BCUT2D eigenvalue weighted by Gasteiger charge is -1.80. The molecule has 0 amide bonds. The van der Waals surface area contributed by atoms with Gasteiger partial charge < -0.3 is 0 Å². The van der Waals surface area contributed by atoms with E-state index in [1.54, 1.807) is 0 Å². The third-order valence-corrected chi connectivity index (χ3v) is 2.55. The number of rotatable bonds is 1. The fourth-order valence-corrected chi connectivity index (χ4v) is 1.35. The molecule has 0 aliphatic heterocycles. The molecule has 0 saturated heterocycles. The van der Waals surface area contributed by atoms with E-state index >= 15 is 0 Å². The van der Waals surface area contributed by atoms with Crippen molar-refractivity contribution in [3.8, 4) is 0 Å². The highest BCUT2D eigenvalue weighted by Crippen LogP contribution is 2.30. The van der Waals surface area contributed by atoms with Crippen LogP contribution in [0, 0.1) is 0 Å². The van der Waals surface area contributed by atoms with Crippen LogP contribution in [0.15, 0.2) is 0 Å². The first kappa shape index (κ1) is 4.15. The Morgan fingerprint density at radius 1 is 1.71 bits per heavy atom. The summed E-state index contributed by atoms with van der Waals surface area (Å²) in [6, 6.07) is 0. The highest BCUT2D eigenvalue weighted by Gasteiger charge is 2.33. The van der Waals surface area contributed by atoms with Gasteiger partial charge in [-0.05, 0) is 12.8 Å². The Kier molecular flexibility index (Phi) is 0.804. The fraction of sp³-hybridized carbons (Fsp3) is 1.00. The van der Waals surface area contributed by atoms with E-state index in [1.807, 2.05) is 0 Å². The zero-order valence-electron chi connectivity index (χ0n) is 4.52. The summed E-state index contributed by atoms with van der Waals surface area (Å²) in [7, 11) is 1.27. The van der Waals surface area contributed by atoms with Gasteiger partial charge in [-0.3, -0.25) is 0 Å². The topological polar surface area (TPSA) is 34.1 Å². The minimum Gasteiger partial charge on any atom is -0.212 e. The summed E-state index contributed by atoms with van der Waals surface area (Å²) >= 11 is 0. The first-order valence-electron chi connectivity index (χ1n) is 2.40. The molecule has 0 radical (unpaired) electrons.